The van der Waals surface area contributed by atoms with Crippen molar-refractivity contribution in [2.45, 2.75) is 13.0 Å². The van der Waals surface area contributed by atoms with Crippen LogP contribution in [0.5, 0.6) is 5.75 Å². The molecule has 1 aromatic carbocycles. The SMILES string of the molecule is C[C@H](Oc1ccccc1)C(=O)Nc1cc(=O)n(C)c(=O)n1C. The molecule has 0 bridgehead atoms. The molecule has 1 aromatic heterocycles. The number of aromatic nitrogens is 2. The fourth-order valence-electron chi connectivity index (χ4n) is 1.84. The maximum atomic E-state index is 12.1. The number of anilines is 1. The lowest BCUT2D eigenvalue weighted by molar-refractivity contribution is -0.122. The van der Waals surface area contributed by atoms with Gasteiger partial charge in [0.25, 0.3) is 11.5 Å². The van der Waals surface area contributed by atoms with Crippen LogP contribution < -0.4 is 21.3 Å². The topological polar surface area (TPSA) is 82.3 Å². The van der Waals surface area contributed by atoms with Crippen LogP contribution >= 0.6 is 0 Å². The number of nitrogens with zero attached hydrogens (tertiary/aromatic N) is 2. The van der Waals surface area contributed by atoms with Crippen molar-refractivity contribution in [3.05, 3.63) is 57.2 Å². The van der Waals surface area contributed by atoms with Crippen LogP contribution in [0.25, 0.3) is 0 Å². The van der Waals surface area contributed by atoms with Crippen molar-refractivity contribution in [3.8, 4) is 5.75 Å². The Morgan fingerprint density at radius 1 is 1.14 bits per heavy atom. The maximum absolute atomic E-state index is 12.1. The molecule has 0 unspecified atom stereocenters. The molecule has 0 aliphatic rings. The average molecular weight is 303 g/mol. The molecule has 2 rings (SSSR count). The molecule has 1 heterocycles. The zero-order valence-electron chi connectivity index (χ0n) is 12.6. The van der Waals surface area contributed by atoms with Gasteiger partial charge in [0.1, 0.15) is 11.6 Å². The Bertz CT molecular complexity index is 793. The first kappa shape index (κ1) is 15.6. The Kier molecular flexibility index (Phi) is 4.45. The van der Waals surface area contributed by atoms with Gasteiger partial charge in [-0.15, -0.1) is 0 Å². The summed E-state index contributed by atoms with van der Waals surface area (Å²) in [6.45, 7) is 1.58. The van der Waals surface area contributed by atoms with Gasteiger partial charge in [-0.3, -0.25) is 18.7 Å². The monoisotopic (exact) mass is 303 g/mol. The second kappa shape index (κ2) is 6.30. The van der Waals surface area contributed by atoms with Crippen LogP contribution in [0.3, 0.4) is 0 Å². The zero-order valence-corrected chi connectivity index (χ0v) is 12.6. The molecular formula is C15H17N3O4. The molecule has 0 saturated carbocycles. The van der Waals surface area contributed by atoms with E-state index in [9.17, 15) is 14.4 Å². The first-order valence-electron chi connectivity index (χ1n) is 6.70. The van der Waals surface area contributed by atoms with E-state index in [1.54, 1.807) is 31.2 Å². The van der Waals surface area contributed by atoms with Crippen LogP contribution in [0.15, 0.2) is 46.0 Å². The Morgan fingerprint density at radius 3 is 2.41 bits per heavy atom. The molecule has 0 radical (unpaired) electrons. The molecule has 0 fully saturated rings. The largest absolute Gasteiger partial charge is 0.481 e. The molecule has 1 amide bonds. The van der Waals surface area contributed by atoms with E-state index < -0.39 is 23.3 Å². The number of amides is 1. The average Bonchev–Trinajstić information content (AvgIpc) is 2.51. The minimum Gasteiger partial charge on any atom is -0.481 e. The van der Waals surface area contributed by atoms with Gasteiger partial charge in [-0.2, -0.15) is 0 Å². The number of rotatable bonds is 4. The predicted molar refractivity (Wildman–Crippen MR) is 82.1 cm³/mol. The number of hydrogen-bond acceptors (Lipinski definition) is 4. The summed E-state index contributed by atoms with van der Waals surface area (Å²) in [7, 11) is 2.84. The molecule has 0 spiro atoms. The summed E-state index contributed by atoms with van der Waals surface area (Å²) >= 11 is 0. The van der Waals surface area contributed by atoms with Crippen LogP contribution in [0.4, 0.5) is 5.82 Å². The highest BCUT2D eigenvalue weighted by molar-refractivity contribution is 5.93. The smallest absolute Gasteiger partial charge is 0.332 e. The Balaban J connectivity index is 2.16. The lowest BCUT2D eigenvalue weighted by Crippen LogP contribution is -2.39. The predicted octanol–water partition coefficient (Wildman–Crippen LogP) is 0.490. The van der Waals surface area contributed by atoms with E-state index in [1.807, 2.05) is 6.07 Å². The second-order valence-corrected chi connectivity index (χ2v) is 4.83. The van der Waals surface area contributed by atoms with Crippen molar-refractivity contribution in [2.24, 2.45) is 14.1 Å². The lowest BCUT2D eigenvalue weighted by Gasteiger charge is -2.16. The Morgan fingerprint density at radius 2 is 1.77 bits per heavy atom. The van der Waals surface area contributed by atoms with Crippen molar-refractivity contribution in [1.82, 2.24) is 9.13 Å². The standard InChI is InChI=1S/C15H17N3O4/c1-10(22-11-7-5-4-6-8-11)14(20)16-12-9-13(19)18(3)15(21)17(12)2/h4-10H,1-3H3,(H,16,20)/t10-/m0/s1. The number of para-hydroxylation sites is 1. The summed E-state index contributed by atoms with van der Waals surface area (Å²) in [6.07, 6.45) is -0.776. The highest BCUT2D eigenvalue weighted by Gasteiger charge is 2.17. The summed E-state index contributed by atoms with van der Waals surface area (Å²) in [6, 6.07) is 10.1. The minimum atomic E-state index is -0.776. The number of nitrogens with one attached hydrogen (secondary N) is 1. The molecule has 1 N–H and O–H groups in total. The molecule has 0 saturated heterocycles. The van der Waals surface area contributed by atoms with Crippen LogP contribution in [0.2, 0.25) is 0 Å². The minimum absolute atomic E-state index is 0.126. The lowest BCUT2D eigenvalue weighted by atomic mass is 10.3. The van der Waals surface area contributed by atoms with Crippen molar-refractivity contribution in [2.75, 3.05) is 5.32 Å². The van der Waals surface area contributed by atoms with Gasteiger partial charge >= 0.3 is 5.69 Å². The van der Waals surface area contributed by atoms with E-state index in [1.165, 1.54) is 24.7 Å². The molecule has 0 aliphatic heterocycles. The number of benzene rings is 1. The molecule has 7 heteroatoms. The molecule has 2 aromatic rings. The van der Waals surface area contributed by atoms with Crippen molar-refractivity contribution in [1.29, 1.82) is 0 Å². The maximum Gasteiger partial charge on any atom is 0.332 e. The first-order chi connectivity index (χ1) is 10.4. The molecule has 7 nitrogen and oxygen atoms in total. The first-order valence-corrected chi connectivity index (χ1v) is 6.70. The van der Waals surface area contributed by atoms with Crippen LogP contribution in [0.1, 0.15) is 6.92 Å². The Hall–Kier alpha value is -2.83. The molecule has 22 heavy (non-hydrogen) atoms. The van der Waals surface area contributed by atoms with Gasteiger partial charge in [0.15, 0.2) is 6.10 Å². The Labute approximate surface area is 126 Å². The third kappa shape index (κ3) is 3.25. The van der Waals surface area contributed by atoms with Crippen molar-refractivity contribution >= 4 is 11.7 Å². The van der Waals surface area contributed by atoms with Gasteiger partial charge in [-0.05, 0) is 19.1 Å². The third-order valence-corrected chi connectivity index (χ3v) is 3.20. The van der Waals surface area contributed by atoms with E-state index in [0.717, 1.165) is 4.57 Å². The summed E-state index contributed by atoms with van der Waals surface area (Å²) in [5, 5.41) is 2.52. The van der Waals surface area contributed by atoms with E-state index >= 15 is 0 Å². The van der Waals surface area contributed by atoms with Gasteiger partial charge in [-0.25, -0.2) is 4.79 Å². The molecule has 0 aliphatic carbocycles. The second-order valence-electron chi connectivity index (χ2n) is 4.83. The molecule has 1 atom stereocenters. The van der Waals surface area contributed by atoms with E-state index in [4.69, 9.17) is 4.74 Å². The molecule has 116 valence electrons. The van der Waals surface area contributed by atoms with Crippen molar-refractivity contribution in [3.63, 3.8) is 0 Å². The summed E-state index contributed by atoms with van der Waals surface area (Å²) in [4.78, 5) is 35.5. The highest BCUT2D eigenvalue weighted by atomic mass is 16.5. The summed E-state index contributed by atoms with van der Waals surface area (Å²) < 4.78 is 7.64. The number of ether oxygens (including phenoxy) is 1. The summed E-state index contributed by atoms with van der Waals surface area (Å²) in [5.41, 5.74) is -1.01. The van der Waals surface area contributed by atoms with Gasteiger partial charge in [0.2, 0.25) is 0 Å². The number of carbonyl (C=O) groups excluding carboxylic acids is 1. The van der Waals surface area contributed by atoms with Gasteiger partial charge in [0.05, 0.1) is 0 Å². The van der Waals surface area contributed by atoms with Gasteiger partial charge in [0, 0.05) is 20.2 Å². The van der Waals surface area contributed by atoms with E-state index in [2.05, 4.69) is 5.32 Å². The fourth-order valence-corrected chi connectivity index (χ4v) is 1.84. The van der Waals surface area contributed by atoms with Gasteiger partial charge in [-0.1, -0.05) is 18.2 Å². The van der Waals surface area contributed by atoms with E-state index in [0.29, 0.717) is 5.75 Å². The third-order valence-electron chi connectivity index (χ3n) is 3.20. The summed E-state index contributed by atoms with van der Waals surface area (Å²) in [5.74, 6) is 0.233. The van der Waals surface area contributed by atoms with Crippen molar-refractivity contribution < 1.29 is 9.53 Å². The zero-order chi connectivity index (χ0) is 16.3. The van der Waals surface area contributed by atoms with Gasteiger partial charge < -0.3 is 10.1 Å². The highest BCUT2D eigenvalue weighted by Crippen LogP contribution is 2.11. The fraction of sp³-hybridized carbons (Fsp3) is 0.267. The van der Waals surface area contributed by atoms with Crippen LogP contribution in [-0.2, 0) is 18.9 Å². The van der Waals surface area contributed by atoms with E-state index in [-0.39, 0.29) is 5.82 Å². The van der Waals surface area contributed by atoms with Crippen LogP contribution in [-0.4, -0.2) is 21.1 Å². The number of carbonyl (C=O) groups is 1. The molecular weight excluding hydrogens is 286 g/mol. The van der Waals surface area contributed by atoms with Crippen LogP contribution in [0, 0.1) is 0 Å². The number of hydrogen-bond donors (Lipinski definition) is 1. The quantitative estimate of drug-likeness (QED) is 0.891. The normalized spacial score (nSPS) is 11.8.